The molecule has 1 N–H and O–H groups in total. The predicted molar refractivity (Wildman–Crippen MR) is 52.4 cm³/mol. The van der Waals surface area contributed by atoms with Gasteiger partial charge in [-0.1, -0.05) is 0 Å². The maximum Gasteiger partial charge on any atom is 0.221 e. The molecule has 0 saturated carbocycles. The number of carbonyl (C=O) groups excluding carboxylic acids is 1. The van der Waals surface area contributed by atoms with Crippen molar-refractivity contribution in [2.24, 2.45) is 0 Å². The van der Waals surface area contributed by atoms with E-state index in [1.54, 1.807) is 11.7 Å². The van der Waals surface area contributed by atoms with E-state index in [0.717, 1.165) is 4.88 Å². The molecule has 3 nitrogen and oxygen atoms in total. The Hall–Kier alpha value is -0.550. The molecule has 1 amide bonds. The minimum atomic E-state index is 0.0402. The van der Waals surface area contributed by atoms with Gasteiger partial charge in [-0.25, -0.2) is 0 Å². The van der Waals surface area contributed by atoms with Crippen molar-refractivity contribution in [3.63, 3.8) is 0 Å². The van der Waals surface area contributed by atoms with Crippen LogP contribution in [-0.4, -0.2) is 16.6 Å². The summed E-state index contributed by atoms with van der Waals surface area (Å²) in [5.41, 5.74) is 1.75. The van der Waals surface area contributed by atoms with Crippen LogP contribution in [0.3, 0.4) is 0 Å². The van der Waals surface area contributed by atoms with Gasteiger partial charge >= 0.3 is 0 Å². The number of thiol groups is 1. The number of hydrogen-bond donors (Lipinski definition) is 2. The van der Waals surface area contributed by atoms with Crippen molar-refractivity contribution in [3.05, 3.63) is 16.6 Å². The Morgan fingerprint density at radius 2 is 2.58 bits per heavy atom. The molecule has 12 heavy (non-hydrogen) atoms. The topological polar surface area (TPSA) is 42.0 Å². The first kappa shape index (κ1) is 9.54. The number of hydrogen-bond acceptors (Lipinski definition) is 4. The molecule has 0 fully saturated rings. The van der Waals surface area contributed by atoms with Crippen molar-refractivity contribution in [1.29, 1.82) is 0 Å². The summed E-state index contributed by atoms with van der Waals surface area (Å²) in [6.07, 6.45) is 2.23. The highest BCUT2D eigenvalue weighted by atomic mass is 32.1. The normalized spacial score (nSPS) is 9.75. The molecule has 0 spiro atoms. The van der Waals surface area contributed by atoms with Gasteiger partial charge in [-0.2, -0.15) is 12.6 Å². The summed E-state index contributed by atoms with van der Waals surface area (Å²) in [5.74, 6) is 0.632. The molecule has 0 unspecified atom stereocenters. The van der Waals surface area contributed by atoms with Crippen LogP contribution in [0.15, 0.2) is 11.7 Å². The monoisotopic (exact) mass is 202 g/mol. The van der Waals surface area contributed by atoms with E-state index in [9.17, 15) is 4.79 Å². The largest absolute Gasteiger partial charge is 0.351 e. The number of aromatic nitrogens is 1. The maximum absolute atomic E-state index is 11.0. The van der Waals surface area contributed by atoms with Gasteiger partial charge < -0.3 is 5.32 Å². The van der Waals surface area contributed by atoms with Gasteiger partial charge in [0.15, 0.2) is 0 Å². The average Bonchev–Trinajstić information content (AvgIpc) is 2.53. The van der Waals surface area contributed by atoms with Gasteiger partial charge in [0.05, 0.1) is 12.1 Å². The Kier molecular flexibility index (Phi) is 4.10. The Morgan fingerprint density at radius 1 is 1.75 bits per heavy atom. The minimum Gasteiger partial charge on any atom is -0.351 e. The van der Waals surface area contributed by atoms with Gasteiger partial charge in [0.25, 0.3) is 0 Å². The smallest absolute Gasteiger partial charge is 0.221 e. The summed E-state index contributed by atoms with van der Waals surface area (Å²) < 4.78 is 0. The van der Waals surface area contributed by atoms with Crippen molar-refractivity contribution in [3.8, 4) is 0 Å². The van der Waals surface area contributed by atoms with E-state index < -0.39 is 0 Å². The van der Waals surface area contributed by atoms with Crippen molar-refractivity contribution in [2.75, 3.05) is 5.75 Å². The number of carbonyl (C=O) groups is 1. The second-order valence-electron chi connectivity index (χ2n) is 2.22. The first-order chi connectivity index (χ1) is 5.83. The number of amides is 1. The fraction of sp³-hybridized carbons (Fsp3) is 0.429. The third-order valence-corrected chi connectivity index (χ3v) is 2.29. The Bertz CT molecular complexity index is 236. The van der Waals surface area contributed by atoms with Crippen LogP contribution in [-0.2, 0) is 11.3 Å². The molecule has 5 heteroatoms. The van der Waals surface area contributed by atoms with E-state index in [-0.39, 0.29) is 5.91 Å². The van der Waals surface area contributed by atoms with Crippen LogP contribution in [0.25, 0.3) is 0 Å². The van der Waals surface area contributed by atoms with Gasteiger partial charge in [0, 0.05) is 17.5 Å². The third kappa shape index (κ3) is 3.23. The van der Waals surface area contributed by atoms with Gasteiger partial charge in [-0.3, -0.25) is 9.78 Å². The Morgan fingerprint density at radius 3 is 3.17 bits per heavy atom. The van der Waals surface area contributed by atoms with Crippen LogP contribution in [0.5, 0.6) is 0 Å². The molecule has 0 radical (unpaired) electrons. The molecule has 0 aromatic carbocycles. The number of rotatable bonds is 4. The first-order valence-electron chi connectivity index (χ1n) is 3.58. The standard InChI is InChI=1S/C7H10N2OS2/c10-7(1-2-11)9-4-6-3-8-5-12-6/h3,5,11H,1-2,4H2,(H,9,10). The van der Waals surface area contributed by atoms with Crippen molar-refractivity contribution in [1.82, 2.24) is 10.3 Å². The second-order valence-corrected chi connectivity index (χ2v) is 3.64. The van der Waals surface area contributed by atoms with E-state index in [1.807, 2.05) is 0 Å². The van der Waals surface area contributed by atoms with Crippen molar-refractivity contribution >= 4 is 29.9 Å². The van der Waals surface area contributed by atoms with Gasteiger partial charge in [0.1, 0.15) is 0 Å². The molecule has 66 valence electrons. The highest BCUT2D eigenvalue weighted by molar-refractivity contribution is 7.80. The first-order valence-corrected chi connectivity index (χ1v) is 5.09. The lowest BCUT2D eigenvalue weighted by atomic mass is 10.4. The zero-order valence-corrected chi connectivity index (χ0v) is 8.20. The number of nitrogens with zero attached hydrogens (tertiary/aromatic N) is 1. The summed E-state index contributed by atoms with van der Waals surface area (Å²) in [7, 11) is 0. The molecule has 0 atom stereocenters. The van der Waals surface area contributed by atoms with E-state index in [4.69, 9.17) is 0 Å². The number of thiazole rings is 1. The highest BCUT2D eigenvalue weighted by Gasteiger charge is 1.99. The minimum absolute atomic E-state index is 0.0402. The molecular formula is C7H10N2OS2. The molecule has 1 rings (SSSR count). The highest BCUT2D eigenvalue weighted by Crippen LogP contribution is 2.03. The fourth-order valence-electron chi connectivity index (χ4n) is 0.705. The lowest BCUT2D eigenvalue weighted by Crippen LogP contribution is -2.22. The molecule has 0 saturated heterocycles. The molecule has 0 aliphatic heterocycles. The molecule has 0 bridgehead atoms. The third-order valence-electron chi connectivity index (χ3n) is 1.28. The van der Waals surface area contributed by atoms with Crippen LogP contribution in [0.1, 0.15) is 11.3 Å². The van der Waals surface area contributed by atoms with Gasteiger partial charge in [-0.15, -0.1) is 11.3 Å². The fourth-order valence-corrected chi connectivity index (χ4v) is 1.44. The van der Waals surface area contributed by atoms with Crippen LogP contribution >= 0.6 is 24.0 Å². The zero-order valence-electron chi connectivity index (χ0n) is 6.49. The van der Waals surface area contributed by atoms with Crippen LogP contribution < -0.4 is 5.32 Å². The molecule has 1 aromatic heterocycles. The van der Waals surface area contributed by atoms with E-state index >= 15 is 0 Å². The van der Waals surface area contributed by atoms with Crippen LogP contribution in [0, 0.1) is 0 Å². The van der Waals surface area contributed by atoms with E-state index in [1.165, 1.54) is 11.3 Å². The van der Waals surface area contributed by atoms with Crippen molar-refractivity contribution < 1.29 is 4.79 Å². The summed E-state index contributed by atoms with van der Waals surface area (Å²) in [6, 6.07) is 0. The summed E-state index contributed by atoms with van der Waals surface area (Å²) in [6.45, 7) is 0.581. The summed E-state index contributed by atoms with van der Waals surface area (Å²) in [4.78, 5) is 15.9. The molecule has 1 heterocycles. The molecule has 0 aliphatic rings. The average molecular weight is 202 g/mol. The Labute approximate surface area is 80.6 Å². The molecular weight excluding hydrogens is 192 g/mol. The quantitative estimate of drug-likeness (QED) is 0.717. The number of nitrogens with one attached hydrogen (secondary N) is 1. The van der Waals surface area contributed by atoms with Crippen LogP contribution in [0.4, 0.5) is 0 Å². The zero-order chi connectivity index (χ0) is 8.81. The Balaban J connectivity index is 2.22. The predicted octanol–water partition coefficient (Wildman–Crippen LogP) is 1.08. The van der Waals surface area contributed by atoms with E-state index in [0.29, 0.717) is 18.7 Å². The lowest BCUT2D eigenvalue weighted by molar-refractivity contribution is -0.120. The summed E-state index contributed by atoms with van der Waals surface area (Å²) in [5, 5.41) is 2.77. The van der Waals surface area contributed by atoms with Crippen LogP contribution in [0.2, 0.25) is 0 Å². The summed E-state index contributed by atoms with van der Waals surface area (Å²) >= 11 is 5.50. The SMILES string of the molecule is O=C(CCS)NCc1cncs1. The second kappa shape index (κ2) is 5.16. The molecule has 1 aromatic rings. The molecule has 0 aliphatic carbocycles. The lowest BCUT2D eigenvalue weighted by Gasteiger charge is -1.99. The maximum atomic E-state index is 11.0. The van der Waals surface area contributed by atoms with Crippen molar-refractivity contribution in [2.45, 2.75) is 13.0 Å². The van der Waals surface area contributed by atoms with Gasteiger partial charge in [-0.05, 0) is 5.75 Å². The van der Waals surface area contributed by atoms with E-state index in [2.05, 4.69) is 22.9 Å². The van der Waals surface area contributed by atoms with Gasteiger partial charge in [0.2, 0.25) is 5.91 Å².